The Morgan fingerprint density at radius 2 is 1.81 bits per heavy atom. The maximum atomic E-state index is 10.4. The molecule has 0 aliphatic carbocycles. The van der Waals surface area contributed by atoms with Gasteiger partial charge in [0.25, 0.3) is 0 Å². The van der Waals surface area contributed by atoms with E-state index >= 15 is 0 Å². The van der Waals surface area contributed by atoms with Crippen LogP contribution in [0.4, 0.5) is 0 Å². The SMILES string of the molecule is CC(CCC(O)C(=O)O)c1ccc(O)cc1. The monoisotopic (exact) mass is 224 g/mol. The highest BCUT2D eigenvalue weighted by Crippen LogP contribution is 2.23. The van der Waals surface area contributed by atoms with Crippen LogP contribution in [-0.2, 0) is 4.79 Å². The largest absolute Gasteiger partial charge is 0.508 e. The van der Waals surface area contributed by atoms with Crippen LogP contribution in [0, 0.1) is 0 Å². The lowest BCUT2D eigenvalue weighted by atomic mass is 9.95. The summed E-state index contributed by atoms with van der Waals surface area (Å²) in [5, 5.41) is 26.8. The summed E-state index contributed by atoms with van der Waals surface area (Å²) >= 11 is 0. The van der Waals surface area contributed by atoms with Gasteiger partial charge in [-0.05, 0) is 36.5 Å². The number of phenolic OH excluding ortho intramolecular Hbond substituents is 1. The summed E-state index contributed by atoms with van der Waals surface area (Å²) in [6, 6.07) is 6.79. The molecule has 1 rings (SSSR count). The molecule has 0 heterocycles. The topological polar surface area (TPSA) is 77.8 Å². The van der Waals surface area contributed by atoms with E-state index in [0.29, 0.717) is 6.42 Å². The molecule has 1 aromatic carbocycles. The quantitative estimate of drug-likeness (QED) is 0.711. The van der Waals surface area contributed by atoms with E-state index in [1.165, 1.54) is 0 Å². The molecule has 0 saturated heterocycles. The van der Waals surface area contributed by atoms with Crippen molar-refractivity contribution in [3.05, 3.63) is 29.8 Å². The van der Waals surface area contributed by atoms with Crippen LogP contribution in [0.25, 0.3) is 0 Å². The maximum absolute atomic E-state index is 10.4. The van der Waals surface area contributed by atoms with Gasteiger partial charge in [-0.25, -0.2) is 4.79 Å². The van der Waals surface area contributed by atoms with Crippen molar-refractivity contribution in [2.45, 2.75) is 31.8 Å². The number of hydrogen-bond acceptors (Lipinski definition) is 3. The Balaban J connectivity index is 2.49. The molecule has 1 aromatic rings. The molecule has 3 N–H and O–H groups in total. The minimum atomic E-state index is -1.29. The lowest BCUT2D eigenvalue weighted by molar-refractivity contribution is -0.147. The number of aliphatic carboxylic acids is 1. The number of benzene rings is 1. The Bertz CT molecular complexity index is 345. The average molecular weight is 224 g/mol. The number of phenols is 1. The van der Waals surface area contributed by atoms with Crippen molar-refractivity contribution >= 4 is 5.97 Å². The third kappa shape index (κ3) is 3.55. The Hall–Kier alpha value is -1.55. The number of aliphatic hydroxyl groups excluding tert-OH is 1. The van der Waals surface area contributed by atoms with Gasteiger partial charge in [-0.1, -0.05) is 19.1 Å². The molecule has 0 amide bonds. The van der Waals surface area contributed by atoms with E-state index in [0.717, 1.165) is 5.56 Å². The van der Waals surface area contributed by atoms with Gasteiger partial charge in [-0.15, -0.1) is 0 Å². The van der Waals surface area contributed by atoms with Gasteiger partial charge < -0.3 is 15.3 Å². The number of hydrogen-bond donors (Lipinski definition) is 3. The summed E-state index contributed by atoms with van der Waals surface area (Å²) in [5.41, 5.74) is 1.02. The van der Waals surface area contributed by atoms with Crippen LogP contribution in [0.1, 0.15) is 31.2 Å². The van der Waals surface area contributed by atoms with Gasteiger partial charge >= 0.3 is 5.97 Å². The molecule has 0 bridgehead atoms. The molecule has 0 spiro atoms. The van der Waals surface area contributed by atoms with Gasteiger partial charge in [0.1, 0.15) is 5.75 Å². The van der Waals surface area contributed by atoms with Crippen molar-refractivity contribution in [2.24, 2.45) is 0 Å². The molecule has 0 radical (unpaired) electrons. The van der Waals surface area contributed by atoms with Gasteiger partial charge in [0.2, 0.25) is 0 Å². The standard InChI is InChI=1S/C12H16O4/c1-8(2-7-11(14)12(15)16)9-3-5-10(13)6-4-9/h3-6,8,11,13-14H,2,7H2,1H3,(H,15,16). The Kier molecular flexibility index (Phi) is 4.31. The van der Waals surface area contributed by atoms with Crippen molar-refractivity contribution in [2.75, 3.05) is 0 Å². The fourth-order valence-electron chi connectivity index (χ4n) is 1.50. The van der Waals surface area contributed by atoms with Crippen LogP contribution >= 0.6 is 0 Å². The fourth-order valence-corrected chi connectivity index (χ4v) is 1.50. The number of aromatic hydroxyl groups is 1. The smallest absolute Gasteiger partial charge is 0.332 e. The normalized spacial score (nSPS) is 14.4. The summed E-state index contributed by atoms with van der Waals surface area (Å²) in [7, 11) is 0. The predicted molar refractivity (Wildman–Crippen MR) is 59.4 cm³/mol. The molecule has 0 aromatic heterocycles. The number of rotatable bonds is 5. The molecule has 88 valence electrons. The number of aliphatic hydroxyl groups is 1. The lowest BCUT2D eigenvalue weighted by Crippen LogP contribution is -2.19. The molecule has 2 atom stereocenters. The first-order valence-electron chi connectivity index (χ1n) is 5.20. The van der Waals surface area contributed by atoms with E-state index in [-0.39, 0.29) is 18.1 Å². The molecule has 0 saturated carbocycles. The van der Waals surface area contributed by atoms with Crippen molar-refractivity contribution in [1.29, 1.82) is 0 Å². The summed E-state index contributed by atoms with van der Waals surface area (Å²) in [4.78, 5) is 10.4. The summed E-state index contributed by atoms with van der Waals surface area (Å²) in [6.07, 6.45) is -0.463. The summed E-state index contributed by atoms with van der Waals surface area (Å²) in [5.74, 6) is -0.811. The second kappa shape index (κ2) is 5.51. The van der Waals surface area contributed by atoms with E-state index in [2.05, 4.69) is 0 Å². The van der Waals surface area contributed by atoms with E-state index < -0.39 is 12.1 Å². The minimum absolute atomic E-state index is 0.162. The highest BCUT2D eigenvalue weighted by molar-refractivity contribution is 5.71. The van der Waals surface area contributed by atoms with Crippen LogP contribution < -0.4 is 0 Å². The maximum Gasteiger partial charge on any atom is 0.332 e. The highest BCUT2D eigenvalue weighted by atomic mass is 16.4. The van der Waals surface area contributed by atoms with Crippen LogP contribution in [0.15, 0.2) is 24.3 Å². The van der Waals surface area contributed by atoms with Gasteiger partial charge in [-0.3, -0.25) is 0 Å². The second-order valence-corrected chi connectivity index (χ2v) is 3.92. The van der Waals surface area contributed by atoms with E-state index in [4.69, 9.17) is 15.3 Å². The zero-order chi connectivity index (χ0) is 12.1. The Labute approximate surface area is 94.2 Å². The van der Waals surface area contributed by atoms with Crippen molar-refractivity contribution in [3.63, 3.8) is 0 Å². The number of carbonyl (C=O) groups is 1. The third-order valence-corrected chi connectivity index (χ3v) is 2.62. The first-order chi connectivity index (χ1) is 7.50. The zero-order valence-corrected chi connectivity index (χ0v) is 9.13. The summed E-state index contributed by atoms with van der Waals surface area (Å²) in [6.45, 7) is 1.96. The number of carboxylic acid groups (broad SMARTS) is 1. The van der Waals surface area contributed by atoms with Crippen LogP contribution in [-0.4, -0.2) is 27.4 Å². The first kappa shape index (κ1) is 12.5. The number of carboxylic acids is 1. The molecule has 0 aliphatic rings. The van der Waals surface area contributed by atoms with Gasteiger partial charge in [0, 0.05) is 0 Å². The molecule has 0 aliphatic heterocycles. The van der Waals surface area contributed by atoms with Gasteiger partial charge in [0.05, 0.1) is 0 Å². The van der Waals surface area contributed by atoms with Gasteiger partial charge in [-0.2, -0.15) is 0 Å². The highest BCUT2D eigenvalue weighted by Gasteiger charge is 2.15. The average Bonchev–Trinajstić information content (AvgIpc) is 2.26. The predicted octanol–water partition coefficient (Wildman–Crippen LogP) is 1.72. The second-order valence-electron chi connectivity index (χ2n) is 3.92. The van der Waals surface area contributed by atoms with Crippen LogP contribution in [0.3, 0.4) is 0 Å². The molecule has 4 heteroatoms. The van der Waals surface area contributed by atoms with Crippen LogP contribution in [0.5, 0.6) is 5.75 Å². The van der Waals surface area contributed by atoms with E-state index in [9.17, 15) is 4.79 Å². The van der Waals surface area contributed by atoms with E-state index in [1.807, 2.05) is 6.92 Å². The molecule has 4 nitrogen and oxygen atoms in total. The summed E-state index contributed by atoms with van der Waals surface area (Å²) < 4.78 is 0. The van der Waals surface area contributed by atoms with Crippen molar-refractivity contribution in [1.82, 2.24) is 0 Å². The first-order valence-corrected chi connectivity index (χ1v) is 5.20. The molecular formula is C12H16O4. The minimum Gasteiger partial charge on any atom is -0.508 e. The lowest BCUT2D eigenvalue weighted by Gasteiger charge is -2.13. The molecule has 0 fully saturated rings. The van der Waals surface area contributed by atoms with Crippen molar-refractivity contribution in [3.8, 4) is 5.75 Å². The fraction of sp³-hybridized carbons (Fsp3) is 0.417. The van der Waals surface area contributed by atoms with Crippen LogP contribution in [0.2, 0.25) is 0 Å². The third-order valence-electron chi connectivity index (χ3n) is 2.62. The molecule has 2 unspecified atom stereocenters. The van der Waals surface area contributed by atoms with Crippen molar-refractivity contribution < 1.29 is 20.1 Å². The van der Waals surface area contributed by atoms with Gasteiger partial charge in [0.15, 0.2) is 6.10 Å². The Morgan fingerprint density at radius 3 is 2.31 bits per heavy atom. The zero-order valence-electron chi connectivity index (χ0n) is 9.13. The Morgan fingerprint density at radius 1 is 1.25 bits per heavy atom. The molecule has 16 heavy (non-hydrogen) atoms. The molecular weight excluding hydrogens is 208 g/mol. The van der Waals surface area contributed by atoms with E-state index in [1.54, 1.807) is 24.3 Å².